The number of carbonyl (C=O) groups excluding carboxylic acids is 1. The summed E-state index contributed by atoms with van der Waals surface area (Å²) in [5, 5.41) is 0. The molecule has 0 bridgehead atoms. The summed E-state index contributed by atoms with van der Waals surface area (Å²) in [6, 6.07) is 6.88. The van der Waals surface area contributed by atoms with Gasteiger partial charge in [-0.1, -0.05) is 18.2 Å². The van der Waals surface area contributed by atoms with Gasteiger partial charge < -0.3 is 10.5 Å². The number of methoxy groups -OCH3 is 1. The van der Waals surface area contributed by atoms with E-state index in [2.05, 4.69) is 0 Å². The molecule has 20 heavy (non-hydrogen) atoms. The average molecular weight is 298 g/mol. The van der Waals surface area contributed by atoms with Crippen molar-refractivity contribution in [2.45, 2.75) is 18.4 Å². The minimum absolute atomic E-state index is 0.278. The maximum Gasteiger partial charge on any atom is 0.243 e. The van der Waals surface area contributed by atoms with E-state index in [1.807, 2.05) is 0 Å². The van der Waals surface area contributed by atoms with Gasteiger partial charge in [0, 0.05) is 12.1 Å². The van der Waals surface area contributed by atoms with Crippen molar-refractivity contribution in [1.82, 2.24) is 4.31 Å². The lowest BCUT2D eigenvalue weighted by atomic mass is 9.87. The largest absolute Gasteiger partial charge is 0.496 e. The van der Waals surface area contributed by atoms with Crippen LogP contribution in [0.15, 0.2) is 24.3 Å². The van der Waals surface area contributed by atoms with E-state index in [-0.39, 0.29) is 6.54 Å². The van der Waals surface area contributed by atoms with Crippen LogP contribution in [0.2, 0.25) is 0 Å². The Morgan fingerprint density at radius 3 is 2.60 bits per heavy atom. The fourth-order valence-corrected chi connectivity index (χ4v) is 4.18. The quantitative estimate of drug-likeness (QED) is 0.873. The number of hydrogen-bond acceptors (Lipinski definition) is 4. The first kappa shape index (κ1) is 14.8. The zero-order valence-corrected chi connectivity index (χ0v) is 12.3. The second kappa shape index (κ2) is 5.06. The van der Waals surface area contributed by atoms with Crippen molar-refractivity contribution in [2.24, 2.45) is 5.73 Å². The molecule has 1 aliphatic heterocycles. The molecule has 110 valence electrons. The summed E-state index contributed by atoms with van der Waals surface area (Å²) in [7, 11) is -2.07. The number of benzene rings is 1. The number of para-hydroxylation sites is 1. The lowest BCUT2D eigenvalue weighted by molar-refractivity contribution is -0.126. The van der Waals surface area contributed by atoms with Crippen LogP contribution < -0.4 is 10.5 Å². The minimum atomic E-state index is -3.55. The standard InChI is InChI=1S/C13H18N2O4S/c1-19-11-7-4-3-6-10(11)13(12(14)16)8-5-9-15(13)20(2,17)18/h3-4,6-7H,5,8-9H2,1-2H3,(H2,14,16). The van der Waals surface area contributed by atoms with E-state index in [1.54, 1.807) is 24.3 Å². The second-order valence-corrected chi connectivity index (χ2v) is 6.77. The van der Waals surface area contributed by atoms with E-state index < -0.39 is 21.5 Å². The Hall–Kier alpha value is -1.60. The van der Waals surface area contributed by atoms with Gasteiger partial charge in [-0.15, -0.1) is 0 Å². The van der Waals surface area contributed by atoms with Gasteiger partial charge in [0.2, 0.25) is 15.9 Å². The van der Waals surface area contributed by atoms with Gasteiger partial charge in [-0.05, 0) is 18.9 Å². The molecule has 2 N–H and O–H groups in total. The molecule has 1 aliphatic rings. The van der Waals surface area contributed by atoms with Crippen molar-refractivity contribution >= 4 is 15.9 Å². The smallest absolute Gasteiger partial charge is 0.243 e. The highest BCUT2D eigenvalue weighted by molar-refractivity contribution is 7.88. The summed E-state index contributed by atoms with van der Waals surface area (Å²) in [5.74, 6) is -0.216. The summed E-state index contributed by atoms with van der Waals surface area (Å²) in [5.41, 5.74) is 4.71. The van der Waals surface area contributed by atoms with Crippen molar-refractivity contribution in [3.05, 3.63) is 29.8 Å². The fraction of sp³-hybridized carbons (Fsp3) is 0.462. The van der Waals surface area contributed by atoms with Crippen molar-refractivity contribution < 1.29 is 17.9 Å². The summed E-state index contributed by atoms with van der Waals surface area (Å²) in [4.78, 5) is 12.1. The molecular formula is C13H18N2O4S. The van der Waals surface area contributed by atoms with E-state index in [9.17, 15) is 13.2 Å². The Bertz CT molecular complexity index is 629. The molecular weight excluding hydrogens is 280 g/mol. The van der Waals surface area contributed by atoms with Crippen LogP contribution >= 0.6 is 0 Å². The highest BCUT2D eigenvalue weighted by Crippen LogP contribution is 2.43. The molecule has 1 fully saturated rings. The third-order valence-electron chi connectivity index (χ3n) is 3.69. The molecule has 1 saturated heterocycles. The molecule has 1 amide bonds. The van der Waals surface area contributed by atoms with Gasteiger partial charge in [0.1, 0.15) is 11.3 Å². The Balaban J connectivity index is 2.70. The van der Waals surface area contributed by atoms with E-state index in [0.29, 0.717) is 24.2 Å². The summed E-state index contributed by atoms with van der Waals surface area (Å²) in [6.45, 7) is 0.278. The lowest BCUT2D eigenvalue weighted by Gasteiger charge is -2.35. The van der Waals surface area contributed by atoms with Crippen molar-refractivity contribution in [1.29, 1.82) is 0 Å². The van der Waals surface area contributed by atoms with Crippen molar-refractivity contribution in [3.8, 4) is 5.75 Å². The van der Waals surface area contributed by atoms with E-state index in [4.69, 9.17) is 10.5 Å². The number of rotatable bonds is 4. The van der Waals surface area contributed by atoms with Crippen LogP contribution in [0, 0.1) is 0 Å². The molecule has 0 radical (unpaired) electrons. The van der Waals surface area contributed by atoms with Crippen LogP contribution in [0.3, 0.4) is 0 Å². The van der Waals surface area contributed by atoms with Gasteiger partial charge in [-0.2, -0.15) is 4.31 Å². The maximum atomic E-state index is 12.1. The van der Waals surface area contributed by atoms with E-state index in [0.717, 1.165) is 6.26 Å². The topological polar surface area (TPSA) is 89.7 Å². The SMILES string of the molecule is COc1ccccc1C1(C(N)=O)CCCN1S(C)(=O)=O. The Morgan fingerprint density at radius 2 is 2.05 bits per heavy atom. The molecule has 1 unspecified atom stereocenters. The van der Waals surface area contributed by atoms with Crippen molar-refractivity contribution in [2.75, 3.05) is 19.9 Å². The zero-order valence-electron chi connectivity index (χ0n) is 11.5. The third-order valence-corrected chi connectivity index (χ3v) is 4.98. The Labute approximate surface area is 118 Å². The van der Waals surface area contributed by atoms with Gasteiger partial charge in [-0.25, -0.2) is 8.42 Å². The van der Waals surface area contributed by atoms with Crippen LogP contribution in [-0.4, -0.2) is 38.5 Å². The van der Waals surface area contributed by atoms with Gasteiger partial charge in [0.05, 0.1) is 13.4 Å². The number of primary amides is 1. The van der Waals surface area contributed by atoms with Crippen LogP contribution in [0.25, 0.3) is 0 Å². The normalized spacial score (nSPS) is 23.7. The third kappa shape index (κ3) is 2.16. The molecule has 1 aromatic rings. The van der Waals surface area contributed by atoms with Crippen LogP contribution in [0.4, 0.5) is 0 Å². The zero-order chi connectivity index (χ0) is 15.0. The van der Waals surface area contributed by atoms with Crippen LogP contribution in [0.5, 0.6) is 5.75 Å². The molecule has 0 saturated carbocycles. The number of nitrogens with two attached hydrogens (primary N) is 1. The minimum Gasteiger partial charge on any atom is -0.496 e. The molecule has 7 heteroatoms. The highest BCUT2D eigenvalue weighted by atomic mass is 32.2. The van der Waals surface area contributed by atoms with Gasteiger partial charge in [0.25, 0.3) is 0 Å². The number of ether oxygens (including phenoxy) is 1. The number of sulfonamides is 1. The number of nitrogens with zero attached hydrogens (tertiary/aromatic N) is 1. The van der Waals surface area contributed by atoms with Crippen LogP contribution in [0.1, 0.15) is 18.4 Å². The predicted octanol–water partition coefficient (Wildman–Crippen LogP) is 0.431. The van der Waals surface area contributed by atoms with E-state index >= 15 is 0 Å². The molecule has 1 atom stereocenters. The highest BCUT2D eigenvalue weighted by Gasteiger charge is 2.53. The first-order chi connectivity index (χ1) is 9.34. The second-order valence-electron chi connectivity index (χ2n) is 4.86. The molecule has 0 aliphatic carbocycles. The Morgan fingerprint density at radius 1 is 1.40 bits per heavy atom. The van der Waals surface area contributed by atoms with Gasteiger partial charge in [-0.3, -0.25) is 4.79 Å². The molecule has 2 rings (SSSR count). The summed E-state index contributed by atoms with van der Waals surface area (Å²) < 4.78 is 30.5. The molecule has 0 spiro atoms. The average Bonchev–Trinajstić information content (AvgIpc) is 2.84. The summed E-state index contributed by atoms with van der Waals surface area (Å²) in [6.07, 6.45) is 2.02. The summed E-state index contributed by atoms with van der Waals surface area (Å²) >= 11 is 0. The first-order valence-corrected chi connectivity index (χ1v) is 8.10. The number of carbonyl (C=O) groups is 1. The molecule has 1 aromatic carbocycles. The lowest BCUT2D eigenvalue weighted by Crippen LogP contribution is -2.53. The molecule has 1 heterocycles. The van der Waals surface area contributed by atoms with Gasteiger partial charge in [0.15, 0.2) is 0 Å². The number of amides is 1. The predicted molar refractivity (Wildman–Crippen MR) is 74.7 cm³/mol. The monoisotopic (exact) mass is 298 g/mol. The molecule has 6 nitrogen and oxygen atoms in total. The van der Waals surface area contributed by atoms with Crippen molar-refractivity contribution in [3.63, 3.8) is 0 Å². The van der Waals surface area contributed by atoms with E-state index in [1.165, 1.54) is 11.4 Å². The molecule has 0 aromatic heterocycles. The fourth-order valence-electron chi connectivity index (χ4n) is 2.88. The van der Waals surface area contributed by atoms with Gasteiger partial charge >= 0.3 is 0 Å². The Kier molecular flexibility index (Phi) is 3.75. The van der Waals surface area contributed by atoms with Crippen LogP contribution in [-0.2, 0) is 20.4 Å². The number of hydrogen-bond donors (Lipinski definition) is 1. The maximum absolute atomic E-state index is 12.1. The first-order valence-electron chi connectivity index (χ1n) is 6.25.